The van der Waals surface area contributed by atoms with E-state index in [-0.39, 0.29) is 11.2 Å². The summed E-state index contributed by atoms with van der Waals surface area (Å²) in [5.41, 5.74) is 6.63. The molecule has 0 saturated carbocycles. The molecule has 1 aromatic carbocycles. The van der Waals surface area contributed by atoms with E-state index in [9.17, 15) is 4.79 Å². The number of hydrogen-bond donors (Lipinski definition) is 3. The monoisotopic (exact) mass is 273 g/mol. The van der Waals surface area contributed by atoms with Gasteiger partial charge in [0.25, 0.3) is 5.56 Å². The summed E-state index contributed by atoms with van der Waals surface area (Å²) in [4.78, 5) is 19.9. The van der Waals surface area contributed by atoms with Gasteiger partial charge in [-0.2, -0.15) is 0 Å². The topological polar surface area (TPSA) is 87.0 Å². The summed E-state index contributed by atoms with van der Waals surface area (Å²) in [5, 5.41) is 3.08. The minimum Gasteiger partial charge on any atom is -0.391 e. The molecule has 4 N–H and O–H groups in total. The average Bonchev–Trinajstić information content (AvgIpc) is 2.48. The third-order valence-electron chi connectivity index (χ3n) is 3.05. The van der Waals surface area contributed by atoms with Gasteiger partial charge >= 0.3 is 0 Å². The molecule has 0 atom stereocenters. The molecule has 0 aliphatic rings. The third kappa shape index (κ3) is 3.50. The van der Waals surface area contributed by atoms with Gasteiger partial charge in [0.1, 0.15) is 5.69 Å². The number of nitrogens with one attached hydrogen (secondary N) is 2. The number of para-hydroxylation sites is 1. The summed E-state index contributed by atoms with van der Waals surface area (Å²) < 4.78 is 0. The SMILES string of the molecule is CN(CCCNc1nc[nH]c(=O)c1N)c1ccccc1. The molecule has 1 aromatic heterocycles. The molecule has 0 saturated heterocycles. The lowest BCUT2D eigenvalue weighted by molar-refractivity contribution is 0.814. The van der Waals surface area contributed by atoms with Crippen LogP contribution < -0.4 is 21.5 Å². The van der Waals surface area contributed by atoms with E-state index in [0.717, 1.165) is 13.0 Å². The largest absolute Gasteiger partial charge is 0.391 e. The number of benzene rings is 1. The fourth-order valence-corrected chi connectivity index (χ4v) is 1.89. The molecule has 0 fully saturated rings. The first-order chi connectivity index (χ1) is 9.68. The lowest BCUT2D eigenvalue weighted by atomic mass is 10.3. The van der Waals surface area contributed by atoms with Crippen molar-refractivity contribution in [2.45, 2.75) is 6.42 Å². The van der Waals surface area contributed by atoms with Crippen molar-refractivity contribution in [2.24, 2.45) is 0 Å². The van der Waals surface area contributed by atoms with Crippen molar-refractivity contribution in [1.82, 2.24) is 9.97 Å². The van der Waals surface area contributed by atoms with E-state index in [1.54, 1.807) is 0 Å². The Bertz CT molecular complexity index is 596. The highest BCUT2D eigenvalue weighted by Crippen LogP contribution is 2.11. The summed E-state index contributed by atoms with van der Waals surface area (Å²) >= 11 is 0. The van der Waals surface area contributed by atoms with Crippen LogP contribution in [-0.2, 0) is 0 Å². The Morgan fingerprint density at radius 1 is 1.35 bits per heavy atom. The number of nitrogens with two attached hydrogens (primary N) is 1. The average molecular weight is 273 g/mol. The third-order valence-corrected chi connectivity index (χ3v) is 3.05. The predicted octanol–water partition coefficient (Wildman–Crippen LogP) is 1.29. The lowest BCUT2D eigenvalue weighted by Crippen LogP contribution is -2.22. The molecule has 0 aliphatic heterocycles. The van der Waals surface area contributed by atoms with E-state index in [2.05, 4.69) is 39.4 Å². The Morgan fingerprint density at radius 2 is 2.10 bits per heavy atom. The van der Waals surface area contributed by atoms with Gasteiger partial charge in [-0.05, 0) is 18.6 Å². The van der Waals surface area contributed by atoms with Crippen molar-refractivity contribution in [3.05, 3.63) is 47.0 Å². The van der Waals surface area contributed by atoms with Crippen LogP contribution in [0.15, 0.2) is 41.5 Å². The van der Waals surface area contributed by atoms with Crippen LogP contribution in [0.25, 0.3) is 0 Å². The van der Waals surface area contributed by atoms with E-state index < -0.39 is 0 Å². The first-order valence-electron chi connectivity index (χ1n) is 6.51. The number of rotatable bonds is 6. The van der Waals surface area contributed by atoms with E-state index in [0.29, 0.717) is 12.4 Å². The Kier molecular flexibility index (Phi) is 4.60. The highest BCUT2D eigenvalue weighted by atomic mass is 16.1. The molecule has 2 rings (SSSR count). The van der Waals surface area contributed by atoms with Crippen LogP contribution >= 0.6 is 0 Å². The number of aromatic amines is 1. The van der Waals surface area contributed by atoms with E-state index in [1.807, 2.05) is 18.2 Å². The summed E-state index contributed by atoms with van der Waals surface area (Å²) in [6.07, 6.45) is 2.26. The normalized spacial score (nSPS) is 10.2. The molecule has 0 amide bonds. The maximum atomic E-state index is 11.3. The van der Waals surface area contributed by atoms with Crippen LogP contribution in [0.3, 0.4) is 0 Å². The Labute approximate surface area is 117 Å². The van der Waals surface area contributed by atoms with Crippen LogP contribution in [-0.4, -0.2) is 30.1 Å². The van der Waals surface area contributed by atoms with Gasteiger partial charge in [-0.1, -0.05) is 18.2 Å². The van der Waals surface area contributed by atoms with Crippen molar-refractivity contribution in [2.75, 3.05) is 36.1 Å². The first-order valence-corrected chi connectivity index (χ1v) is 6.51. The molecule has 106 valence electrons. The smallest absolute Gasteiger partial charge is 0.276 e. The van der Waals surface area contributed by atoms with Crippen LogP contribution in [0.5, 0.6) is 0 Å². The Hall–Kier alpha value is -2.50. The summed E-state index contributed by atoms with van der Waals surface area (Å²) in [5.74, 6) is 0.441. The second-order valence-corrected chi connectivity index (χ2v) is 4.53. The summed E-state index contributed by atoms with van der Waals surface area (Å²) in [6, 6.07) is 10.2. The molecule has 1 heterocycles. The van der Waals surface area contributed by atoms with Gasteiger partial charge in [0.05, 0.1) is 6.33 Å². The number of nitrogens with zero attached hydrogens (tertiary/aromatic N) is 2. The maximum Gasteiger partial charge on any atom is 0.276 e. The minimum absolute atomic E-state index is 0.129. The standard InChI is InChI=1S/C14H19N5O/c1-19(11-6-3-2-4-7-11)9-5-8-16-13-12(15)14(20)18-10-17-13/h2-4,6-7,10H,5,8-9,15H2,1H3,(H2,16,17,18,20). The number of nitrogen functional groups attached to an aromatic ring is 1. The van der Waals surface area contributed by atoms with Gasteiger partial charge < -0.3 is 20.9 Å². The van der Waals surface area contributed by atoms with Gasteiger partial charge in [0, 0.05) is 25.8 Å². The molecule has 0 aliphatic carbocycles. The second-order valence-electron chi connectivity index (χ2n) is 4.53. The van der Waals surface area contributed by atoms with Gasteiger partial charge in [0.15, 0.2) is 5.82 Å². The van der Waals surface area contributed by atoms with Crippen molar-refractivity contribution >= 4 is 17.2 Å². The Morgan fingerprint density at radius 3 is 2.85 bits per heavy atom. The summed E-state index contributed by atoms with van der Waals surface area (Å²) in [6.45, 7) is 1.61. The van der Waals surface area contributed by atoms with Gasteiger partial charge in [-0.25, -0.2) is 4.98 Å². The fraction of sp³-hybridized carbons (Fsp3) is 0.286. The molecule has 0 spiro atoms. The zero-order chi connectivity index (χ0) is 14.4. The highest BCUT2D eigenvalue weighted by Gasteiger charge is 2.04. The molecule has 6 heteroatoms. The zero-order valence-electron chi connectivity index (χ0n) is 11.5. The van der Waals surface area contributed by atoms with E-state index in [1.165, 1.54) is 12.0 Å². The number of aromatic nitrogens is 2. The fourth-order valence-electron chi connectivity index (χ4n) is 1.89. The van der Waals surface area contributed by atoms with E-state index in [4.69, 9.17) is 5.73 Å². The predicted molar refractivity (Wildman–Crippen MR) is 82.1 cm³/mol. The van der Waals surface area contributed by atoms with E-state index >= 15 is 0 Å². The first kappa shape index (κ1) is 13.9. The molecule has 0 radical (unpaired) electrons. The van der Waals surface area contributed by atoms with Crippen molar-refractivity contribution in [3.63, 3.8) is 0 Å². The molecule has 0 unspecified atom stereocenters. The molecule has 20 heavy (non-hydrogen) atoms. The maximum absolute atomic E-state index is 11.3. The molecule has 2 aromatic rings. The van der Waals surface area contributed by atoms with Gasteiger partial charge in [0.2, 0.25) is 0 Å². The minimum atomic E-state index is -0.316. The quantitative estimate of drug-likeness (QED) is 0.690. The molecule has 0 bridgehead atoms. The number of hydrogen-bond acceptors (Lipinski definition) is 5. The van der Waals surface area contributed by atoms with Crippen molar-refractivity contribution < 1.29 is 0 Å². The van der Waals surface area contributed by atoms with Crippen LogP contribution in [0, 0.1) is 0 Å². The number of H-pyrrole nitrogens is 1. The zero-order valence-corrected chi connectivity index (χ0v) is 11.5. The van der Waals surface area contributed by atoms with Gasteiger partial charge in [-0.15, -0.1) is 0 Å². The molecule has 6 nitrogen and oxygen atoms in total. The molecular weight excluding hydrogens is 254 g/mol. The van der Waals surface area contributed by atoms with Crippen LogP contribution in [0.4, 0.5) is 17.2 Å². The van der Waals surface area contributed by atoms with Crippen molar-refractivity contribution in [1.29, 1.82) is 0 Å². The van der Waals surface area contributed by atoms with Gasteiger partial charge in [-0.3, -0.25) is 4.79 Å². The second kappa shape index (κ2) is 6.60. The Balaban J connectivity index is 1.79. The lowest BCUT2D eigenvalue weighted by Gasteiger charge is -2.19. The molecular formula is C14H19N5O. The summed E-state index contributed by atoms with van der Waals surface area (Å²) in [7, 11) is 2.05. The van der Waals surface area contributed by atoms with Crippen molar-refractivity contribution in [3.8, 4) is 0 Å². The van der Waals surface area contributed by atoms with Crippen LogP contribution in [0.1, 0.15) is 6.42 Å². The number of anilines is 3. The highest BCUT2D eigenvalue weighted by molar-refractivity contribution is 5.58. The van der Waals surface area contributed by atoms with Crippen LogP contribution in [0.2, 0.25) is 0 Å².